The fourth-order valence-electron chi connectivity index (χ4n) is 2.28. The van der Waals surface area contributed by atoms with E-state index in [2.05, 4.69) is 0 Å². The number of carbonyl (C=O) groups excluding carboxylic acids is 2. The van der Waals surface area contributed by atoms with Gasteiger partial charge in [0.1, 0.15) is 12.6 Å². The van der Waals surface area contributed by atoms with Crippen molar-refractivity contribution in [1.29, 1.82) is 0 Å². The number of anilines is 1. The summed E-state index contributed by atoms with van der Waals surface area (Å²) in [5.74, 6) is -4.63. The molecule has 26 heavy (non-hydrogen) atoms. The first-order chi connectivity index (χ1) is 12.2. The van der Waals surface area contributed by atoms with E-state index in [4.69, 9.17) is 14.9 Å². The quantitative estimate of drug-likeness (QED) is 0.243. The maximum atomic E-state index is 12.0. The third-order valence-corrected chi connectivity index (χ3v) is 3.39. The van der Waals surface area contributed by atoms with E-state index in [1.54, 1.807) is 0 Å². The van der Waals surface area contributed by atoms with E-state index in [1.807, 2.05) is 5.32 Å². The van der Waals surface area contributed by atoms with E-state index in [-0.39, 0.29) is 23.7 Å². The summed E-state index contributed by atoms with van der Waals surface area (Å²) in [6.07, 6.45) is -0.814. The van der Waals surface area contributed by atoms with Gasteiger partial charge in [-0.05, 0) is 6.07 Å². The van der Waals surface area contributed by atoms with Crippen LogP contribution in [0, 0.1) is 10.1 Å². The number of amides is 1. The van der Waals surface area contributed by atoms with Crippen LogP contribution in [0.25, 0.3) is 0 Å². The molecule has 12 nitrogen and oxygen atoms in total. The molecule has 0 fully saturated rings. The molecule has 3 N–H and O–H groups in total. The van der Waals surface area contributed by atoms with Gasteiger partial charge in [0, 0.05) is 6.07 Å². The van der Waals surface area contributed by atoms with Gasteiger partial charge < -0.3 is 25.2 Å². The molecule has 1 aromatic carbocycles. The molecule has 1 atom stereocenters. The number of nitrogens with zero attached hydrogens (tertiary/aromatic N) is 2. The summed E-state index contributed by atoms with van der Waals surface area (Å²) < 4.78 is 4.92. The van der Waals surface area contributed by atoms with Gasteiger partial charge in [0.15, 0.2) is 5.75 Å². The number of nitro groups is 1. The maximum Gasteiger partial charge on any atom is 0.331 e. The number of non-ortho nitro benzene ring substituents is 1. The summed E-state index contributed by atoms with van der Waals surface area (Å²) in [6, 6.07) is 1.85. The molecular weight excluding hydrogens is 354 g/mol. The maximum absolute atomic E-state index is 12.0. The average Bonchev–Trinajstić information content (AvgIpc) is 2.52. The van der Waals surface area contributed by atoms with E-state index in [0.717, 1.165) is 12.1 Å². The van der Waals surface area contributed by atoms with Gasteiger partial charge in [-0.1, -0.05) is 0 Å². The van der Waals surface area contributed by atoms with E-state index in [1.165, 1.54) is 11.0 Å². The molecule has 1 heterocycles. The second-order valence-corrected chi connectivity index (χ2v) is 5.30. The van der Waals surface area contributed by atoms with Crippen LogP contribution >= 0.6 is 0 Å². The normalized spacial score (nSPS) is 14.0. The van der Waals surface area contributed by atoms with Crippen LogP contribution in [0.2, 0.25) is 0 Å². The molecule has 1 aromatic rings. The zero-order valence-corrected chi connectivity index (χ0v) is 13.1. The molecule has 1 unspecified atom stereocenters. The molecule has 0 saturated carbocycles. The molecular formula is C14H13N3O9. The van der Waals surface area contributed by atoms with E-state index < -0.39 is 47.7 Å². The molecule has 0 aliphatic carbocycles. The Morgan fingerprint density at radius 2 is 2.04 bits per heavy atom. The summed E-state index contributed by atoms with van der Waals surface area (Å²) in [6.45, 7) is -0.807. The number of benzene rings is 1. The molecule has 138 valence electrons. The Kier molecular flexibility index (Phi) is 5.35. The van der Waals surface area contributed by atoms with Crippen LogP contribution in [-0.2, 0) is 19.2 Å². The van der Waals surface area contributed by atoms with Crippen LogP contribution in [0.3, 0.4) is 0 Å². The van der Waals surface area contributed by atoms with Gasteiger partial charge in [-0.25, -0.2) is 9.59 Å². The SMILES string of the molecule is O=C(O)CC(NC(=O)CN1CC(=O)Oc2cc([N+](=O)[O-])ccc21)C(=O)O. The number of fused-ring (bicyclic) bond motifs is 1. The van der Waals surface area contributed by atoms with Crippen molar-refractivity contribution in [3.63, 3.8) is 0 Å². The summed E-state index contributed by atoms with van der Waals surface area (Å²) in [4.78, 5) is 56.6. The Hall–Kier alpha value is -3.70. The van der Waals surface area contributed by atoms with Crippen molar-refractivity contribution in [2.45, 2.75) is 12.5 Å². The highest BCUT2D eigenvalue weighted by Crippen LogP contribution is 2.34. The molecule has 12 heteroatoms. The third kappa shape index (κ3) is 4.43. The molecule has 0 spiro atoms. The lowest BCUT2D eigenvalue weighted by atomic mass is 10.2. The number of ether oxygens (including phenoxy) is 1. The number of carboxylic acid groups (broad SMARTS) is 2. The number of hydrogen-bond donors (Lipinski definition) is 3. The summed E-state index contributed by atoms with van der Waals surface area (Å²) in [5.41, 5.74) is -0.0780. The third-order valence-electron chi connectivity index (χ3n) is 3.39. The second-order valence-electron chi connectivity index (χ2n) is 5.30. The van der Waals surface area contributed by atoms with Crippen molar-refractivity contribution in [1.82, 2.24) is 5.32 Å². The van der Waals surface area contributed by atoms with Crippen LogP contribution in [0.4, 0.5) is 11.4 Å². The van der Waals surface area contributed by atoms with Crippen molar-refractivity contribution in [3.05, 3.63) is 28.3 Å². The number of nitrogens with one attached hydrogen (secondary N) is 1. The van der Waals surface area contributed by atoms with Gasteiger partial charge in [0.25, 0.3) is 5.69 Å². The van der Waals surface area contributed by atoms with Crippen molar-refractivity contribution < 1.29 is 39.1 Å². The lowest BCUT2D eigenvalue weighted by Crippen LogP contribution is -2.48. The number of carboxylic acids is 2. The lowest BCUT2D eigenvalue weighted by Gasteiger charge is -2.29. The lowest BCUT2D eigenvalue weighted by molar-refractivity contribution is -0.384. The minimum Gasteiger partial charge on any atom is -0.481 e. The van der Waals surface area contributed by atoms with Gasteiger partial charge in [0.05, 0.1) is 29.6 Å². The van der Waals surface area contributed by atoms with Crippen LogP contribution in [0.5, 0.6) is 5.75 Å². The average molecular weight is 367 g/mol. The zero-order chi connectivity index (χ0) is 19.4. The van der Waals surface area contributed by atoms with Crippen LogP contribution in [0.15, 0.2) is 18.2 Å². The molecule has 1 aliphatic heterocycles. The first kappa shape index (κ1) is 18.6. The second kappa shape index (κ2) is 7.46. The van der Waals surface area contributed by atoms with Crippen molar-refractivity contribution >= 4 is 35.2 Å². The number of carbonyl (C=O) groups is 4. The highest BCUT2D eigenvalue weighted by atomic mass is 16.6. The predicted molar refractivity (Wildman–Crippen MR) is 82.8 cm³/mol. The number of nitro benzene ring substituents is 1. The molecule has 0 radical (unpaired) electrons. The minimum absolute atomic E-state index is 0.108. The molecule has 0 saturated heterocycles. The van der Waals surface area contributed by atoms with Gasteiger partial charge in [0.2, 0.25) is 5.91 Å². The number of aliphatic carboxylic acids is 2. The zero-order valence-electron chi connectivity index (χ0n) is 13.1. The van der Waals surface area contributed by atoms with Crippen molar-refractivity contribution in [3.8, 4) is 5.75 Å². The number of hydrogen-bond acceptors (Lipinski definition) is 8. The van der Waals surface area contributed by atoms with Crippen molar-refractivity contribution in [2.75, 3.05) is 18.0 Å². The van der Waals surface area contributed by atoms with E-state index in [9.17, 15) is 29.3 Å². The smallest absolute Gasteiger partial charge is 0.331 e. The Balaban J connectivity index is 2.15. The Morgan fingerprint density at radius 3 is 2.62 bits per heavy atom. The molecule has 0 aromatic heterocycles. The molecule has 2 rings (SSSR count). The Labute approximate surface area is 145 Å². The fraction of sp³-hybridized carbons (Fsp3) is 0.286. The minimum atomic E-state index is -1.63. The first-order valence-corrected chi connectivity index (χ1v) is 7.15. The van der Waals surface area contributed by atoms with E-state index >= 15 is 0 Å². The predicted octanol–water partition coefficient (Wildman–Crippen LogP) is -0.636. The Morgan fingerprint density at radius 1 is 1.35 bits per heavy atom. The first-order valence-electron chi connectivity index (χ1n) is 7.15. The van der Waals surface area contributed by atoms with Crippen LogP contribution in [0.1, 0.15) is 6.42 Å². The van der Waals surface area contributed by atoms with E-state index in [0.29, 0.717) is 0 Å². The van der Waals surface area contributed by atoms with Crippen molar-refractivity contribution in [2.24, 2.45) is 0 Å². The topological polar surface area (TPSA) is 176 Å². The summed E-state index contributed by atoms with van der Waals surface area (Å²) in [5, 5.41) is 30.4. The van der Waals surface area contributed by atoms with Gasteiger partial charge in [-0.2, -0.15) is 0 Å². The number of rotatable bonds is 7. The highest BCUT2D eigenvalue weighted by molar-refractivity contribution is 5.92. The van der Waals surface area contributed by atoms with Crippen LogP contribution < -0.4 is 15.0 Å². The fourth-order valence-corrected chi connectivity index (χ4v) is 2.28. The monoisotopic (exact) mass is 367 g/mol. The summed E-state index contributed by atoms with van der Waals surface area (Å²) >= 11 is 0. The van der Waals surface area contributed by atoms with Crippen LogP contribution in [-0.4, -0.2) is 58.1 Å². The standard InChI is InChI=1S/C14H13N3O9/c18-11(15-8(14(22)23)4-12(19)20)5-16-6-13(21)26-10-3-7(17(24)25)1-2-9(10)16/h1-3,8H,4-6H2,(H,15,18)(H,19,20)(H,22,23). The van der Waals surface area contributed by atoms with Gasteiger partial charge >= 0.3 is 17.9 Å². The molecule has 1 aliphatic rings. The largest absolute Gasteiger partial charge is 0.481 e. The Bertz CT molecular complexity index is 792. The summed E-state index contributed by atoms with van der Waals surface area (Å²) in [7, 11) is 0. The van der Waals surface area contributed by atoms with Gasteiger partial charge in [-0.15, -0.1) is 0 Å². The van der Waals surface area contributed by atoms with Gasteiger partial charge in [-0.3, -0.25) is 19.7 Å². The molecule has 0 bridgehead atoms. The highest BCUT2D eigenvalue weighted by Gasteiger charge is 2.29. The molecule has 1 amide bonds. The number of esters is 1.